The molecule has 2 atom stereocenters. The fraction of sp³-hybridized carbons (Fsp3) is 0.353. The lowest BCUT2D eigenvalue weighted by Gasteiger charge is -2.29. The van der Waals surface area contributed by atoms with Gasteiger partial charge < -0.3 is 23.7 Å². The summed E-state index contributed by atoms with van der Waals surface area (Å²) >= 11 is 0. The summed E-state index contributed by atoms with van der Waals surface area (Å²) in [4.78, 5) is 23.8. The van der Waals surface area contributed by atoms with Crippen molar-refractivity contribution in [3.8, 4) is 23.0 Å². The van der Waals surface area contributed by atoms with Gasteiger partial charge in [-0.1, -0.05) is 38.1 Å². The number of carbonyl (C=O) groups excluding carboxylic acids is 2. The van der Waals surface area contributed by atoms with Crippen LogP contribution in [-0.4, -0.2) is 39.0 Å². The molecule has 0 fully saturated rings. The molecule has 0 unspecified atom stereocenters. The molecule has 0 aromatic heterocycles. The highest BCUT2D eigenvalue weighted by molar-refractivity contribution is 7.59. The average molecular weight is 579 g/mol. The Hall–Kier alpha value is -3.71. The van der Waals surface area contributed by atoms with Crippen molar-refractivity contribution in [3.63, 3.8) is 0 Å². The van der Waals surface area contributed by atoms with Crippen LogP contribution in [0.4, 0.5) is 0 Å². The molecule has 6 nitrogen and oxygen atoms in total. The second-order valence-corrected chi connectivity index (χ2v) is 10.6. The summed E-state index contributed by atoms with van der Waals surface area (Å²) in [5.41, 5.74) is 5.01. The van der Waals surface area contributed by atoms with Gasteiger partial charge >= 0.3 is 0 Å². The van der Waals surface area contributed by atoms with Gasteiger partial charge in [-0.3, -0.25) is 4.79 Å². The Labute approximate surface area is 251 Å². The Morgan fingerprint density at radius 3 is 1.95 bits per heavy atom. The monoisotopic (exact) mass is 578 g/mol. The van der Waals surface area contributed by atoms with E-state index in [0.29, 0.717) is 11.3 Å². The van der Waals surface area contributed by atoms with Crippen LogP contribution in [0.2, 0.25) is 0 Å². The minimum Gasteiger partial charge on any atom is -0.496 e. The lowest BCUT2D eigenvalue weighted by atomic mass is 9.89. The number of methoxy groups -OCH3 is 3. The molecule has 0 aliphatic carbocycles. The second-order valence-electron chi connectivity index (χ2n) is 10.6. The van der Waals surface area contributed by atoms with Crippen LogP contribution in [0.25, 0.3) is 6.08 Å². The maximum Gasteiger partial charge on any atom is 0.173 e. The molecule has 0 N–H and O–H groups in total. The van der Waals surface area contributed by atoms with E-state index in [-0.39, 0.29) is 36.7 Å². The van der Waals surface area contributed by atoms with Gasteiger partial charge in [0.1, 0.15) is 34.9 Å². The number of Topliss-reactive ketones (excluding diaryl/α,β-unsaturated/α-hetero) is 1. The largest absolute Gasteiger partial charge is 0.496 e. The predicted molar refractivity (Wildman–Crippen MR) is 170 cm³/mol. The normalized spacial score (nSPS) is 14.1. The minimum absolute atomic E-state index is 0. The van der Waals surface area contributed by atoms with E-state index in [9.17, 15) is 9.59 Å². The van der Waals surface area contributed by atoms with Gasteiger partial charge in [0.05, 0.1) is 32.5 Å². The molecule has 0 saturated carbocycles. The summed E-state index contributed by atoms with van der Waals surface area (Å²) in [6, 6.07) is 15.3. The molecular formula is C34H42O6S. The van der Waals surface area contributed by atoms with E-state index in [1.165, 1.54) is 0 Å². The lowest BCUT2D eigenvalue weighted by molar-refractivity contribution is -0.108. The Kier molecular flexibility index (Phi) is 11.7. The summed E-state index contributed by atoms with van der Waals surface area (Å²) in [5.74, 6) is 2.51. The van der Waals surface area contributed by atoms with E-state index in [0.717, 1.165) is 51.4 Å². The number of ketones is 1. The summed E-state index contributed by atoms with van der Waals surface area (Å²) in [6.45, 7) is 11.7. The van der Waals surface area contributed by atoms with Gasteiger partial charge in [0.2, 0.25) is 0 Å². The summed E-state index contributed by atoms with van der Waals surface area (Å²) in [5, 5.41) is 0. The molecule has 4 rings (SSSR count). The van der Waals surface area contributed by atoms with Gasteiger partial charge in [0.15, 0.2) is 5.78 Å². The maximum absolute atomic E-state index is 13.2. The van der Waals surface area contributed by atoms with Crippen LogP contribution < -0.4 is 18.9 Å². The molecule has 1 aliphatic rings. The first-order valence-corrected chi connectivity index (χ1v) is 13.3. The number of hydrogen-bond donors (Lipinski definition) is 0. The predicted octanol–water partition coefficient (Wildman–Crippen LogP) is 7.60. The van der Waals surface area contributed by atoms with Crippen molar-refractivity contribution in [2.75, 3.05) is 21.3 Å². The third-order valence-corrected chi connectivity index (χ3v) is 7.14. The number of aryl methyl sites for hydroxylation is 2. The quantitative estimate of drug-likeness (QED) is 0.202. The van der Waals surface area contributed by atoms with Crippen LogP contribution in [0.1, 0.15) is 77.7 Å². The number of hydrogen-bond acceptors (Lipinski definition) is 6. The van der Waals surface area contributed by atoms with Crippen molar-refractivity contribution >= 4 is 31.6 Å². The van der Waals surface area contributed by atoms with Gasteiger partial charge in [-0.2, -0.15) is 13.5 Å². The zero-order valence-corrected chi connectivity index (χ0v) is 26.5. The Balaban J connectivity index is 0.000000355. The molecule has 3 aromatic carbocycles. The number of rotatable bonds is 8. The van der Waals surface area contributed by atoms with Crippen molar-refractivity contribution in [2.24, 2.45) is 0 Å². The molecule has 1 aliphatic heterocycles. The van der Waals surface area contributed by atoms with E-state index in [2.05, 4.69) is 0 Å². The van der Waals surface area contributed by atoms with E-state index in [1.54, 1.807) is 27.4 Å². The molecular weight excluding hydrogens is 536 g/mol. The van der Waals surface area contributed by atoms with Crippen LogP contribution in [-0.2, 0) is 4.79 Å². The number of benzene rings is 3. The van der Waals surface area contributed by atoms with Gasteiger partial charge in [-0.15, -0.1) is 0 Å². The van der Waals surface area contributed by atoms with Crippen molar-refractivity contribution in [1.29, 1.82) is 0 Å². The highest BCUT2D eigenvalue weighted by Crippen LogP contribution is 2.40. The molecule has 0 radical (unpaired) electrons. The SMILES string of the molecule is COc1cc([C@H](C)C(=O)c2ccc3c(c2OC)C=CC(C)(C)O3)ccc1C.COc1cc([C@H](C)C=O)ccc1C.S. The van der Waals surface area contributed by atoms with Gasteiger partial charge in [-0.25, -0.2) is 0 Å². The van der Waals surface area contributed by atoms with E-state index in [1.807, 2.05) is 96.2 Å². The molecule has 220 valence electrons. The number of ether oxygens (including phenoxy) is 4. The van der Waals surface area contributed by atoms with Crippen LogP contribution in [0.15, 0.2) is 54.6 Å². The topological polar surface area (TPSA) is 71.1 Å². The number of carbonyl (C=O) groups is 2. The molecule has 0 spiro atoms. The molecule has 0 bridgehead atoms. The van der Waals surface area contributed by atoms with Crippen LogP contribution in [0.3, 0.4) is 0 Å². The first-order chi connectivity index (χ1) is 19.0. The molecule has 41 heavy (non-hydrogen) atoms. The van der Waals surface area contributed by atoms with E-state index >= 15 is 0 Å². The maximum atomic E-state index is 13.2. The standard InChI is InChI=1S/C23H26O4.C11H14O2.H2S/c1-14-7-8-16(13-20(14)25-5)15(2)21(24)18-9-10-19-17(22(18)26-6)11-12-23(3,4)27-19;1-8-4-5-10(9(2)7-12)6-11(8)13-3;/h7-13,15H,1-6H3;4-7,9H,1-3H3;1H2/t15-;9-;/m01./s1. The molecule has 7 heteroatoms. The Morgan fingerprint density at radius 2 is 1.41 bits per heavy atom. The molecule has 0 amide bonds. The first kappa shape index (κ1) is 33.5. The fourth-order valence-corrected chi connectivity index (χ4v) is 4.53. The van der Waals surface area contributed by atoms with Crippen LogP contribution >= 0.6 is 13.5 Å². The van der Waals surface area contributed by atoms with Crippen LogP contribution in [0.5, 0.6) is 23.0 Å². The van der Waals surface area contributed by atoms with E-state index < -0.39 is 0 Å². The van der Waals surface area contributed by atoms with Crippen molar-refractivity contribution in [3.05, 3.63) is 88.0 Å². The molecule has 1 heterocycles. The minimum atomic E-state index is -0.380. The zero-order chi connectivity index (χ0) is 29.6. The smallest absolute Gasteiger partial charge is 0.173 e. The van der Waals surface area contributed by atoms with Crippen molar-refractivity contribution < 1.29 is 28.5 Å². The second kappa shape index (κ2) is 14.3. The summed E-state index contributed by atoms with van der Waals surface area (Å²) in [6.07, 6.45) is 4.87. The third kappa shape index (κ3) is 7.73. The van der Waals surface area contributed by atoms with Crippen LogP contribution in [0, 0.1) is 13.8 Å². The highest BCUT2D eigenvalue weighted by atomic mass is 32.1. The average Bonchev–Trinajstić information content (AvgIpc) is 2.95. The van der Waals surface area contributed by atoms with Crippen molar-refractivity contribution in [1.82, 2.24) is 0 Å². The first-order valence-electron chi connectivity index (χ1n) is 13.3. The summed E-state index contributed by atoms with van der Waals surface area (Å²) < 4.78 is 22.2. The summed E-state index contributed by atoms with van der Waals surface area (Å²) in [7, 11) is 4.86. The van der Waals surface area contributed by atoms with Gasteiger partial charge in [-0.05, 0) is 86.4 Å². The number of fused-ring (bicyclic) bond motifs is 1. The lowest BCUT2D eigenvalue weighted by Crippen LogP contribution is -2.27. The van der Waals surface area contributed by atoms with E-state index in [4.69, 9.17) is 18.9 Å². The van der Waals surface area contributed by atoms with Crippen molar-refractivity contribution in [2.45, 2.75) is 59.0 Å². The third-order valence-electron chi connectivity index (χ3n) is 7.14. The zero-order valence-electron chi connectivity index (χ0n) is 25.5. The molecule has 3 aromatic rings. The molecule has 0 saturated heterocycles. The van der Waals surface area contributed by atoms with Gasteiger partial charge in [0.25, 0.3) is 0 Å². The fourth-order valence-electron chi connectivity index (χ4n) is 4.53. The Morgan fingerprint density at radius 1 is 0.854 bits per heavy atom. The number of aldehydes is 1. The Bertz CT molecular complexity index is 1410. The highest BCUT2D eigenvalue weighted by Gasteiger charge is 2.28. The van der Waals surface area contributed by atoms with Gasteiger partial charge in [0, 0.05) is 11.8 Å².